The zero-order valence-electron chi connectivity index (χ0n) is 9.44. The van der Waals surface area contributed by atoms with E-state index in [0.717, 1.165) is 18.8 Å². The van der Waals surface area contributed by atoms with Crippen LogP contribution in [0.25, 0.3) is 0 Å². The molecule has 1 aromatic rings. The molecule has 1 aromatic carbocycles. The SMILES string of the molecule is CC(C)C(N)C1COc2ccccc2C1. The first-order valence-electron chi connectivity index (χ1n) is 5.64. The summed E-state index contributed by atoms with van der Waals surface area (Å²) in [7, 11) is 0. The summed E-state index contributed by atoms with van der Waals surface area (Å²) >= 11 is 0. The highest BCUT2D eigenvalue weighted by atomic mass is 16.5. The largest absolute Gasteiger partial charge is 0.493 e. The monoisotopic (exact) mass is 205 g/mol. The molecule has 2 heteroatoms. The van der Waals surface area contributed by atoms with Gasteiger partial charge in [0.2, 0.25) is 0 Å². The second-order valence-corrected chi connectivity index (χ2v) is 4.70. The first-order chi connectivity index (χ1) is 7.18. The summed E-state index contributed by atoms with van der Waals surface area (Å²) < 4.78 is 5.73. The Bertz CT molecular complexity index is 335. The Balaban J connectivity index is 2.12. The zero-order chi connectivity index (χ0) is 10.8. The van der Waals surface area contributed by atoms with Gasteiger partial charge in [-0.15, -0.1) is 0 Å². The number of benzene rings is 1. The fourth-order valence-electron chi connectivity index (χ4n) is 2.14. The number of para-hydroxylation sites is 1. The average molecular weight is 205 g/mol. The molecule has 1 aliphatic rings. The van der Waals surface area contributed by atoms with Crippen molar-refractivity contribution in [1.82, 2.24) is 0 Å². The van der Waals surface area contributed by atoms with E-state index in [4.69, 9.17) is 10.5 Å². The van der Waals surface area contributed by atoms with Gasteiger partial charge in [0.1, 0.15) is 5.75 Å². The third-order valence-electron chi connectivity index (χ3n) is 3.22. The van der Waals surface area contributed by atoms with Crippen molar-refractivity contribution in [2.45, 2.75) is 26.3 Å². The topological polar surface area (TPSA) is 35.2 Å². The summed E-state index contributed by atoms with van der Waals surface area (Å²) in [5.74, 6) is 2.01. The molecule has 2 rings (SSSR count). The van der Waals surface area contributed by atoms with Gasteiger partial charge in [0.05, 0.1) is 6.61 Å². The molecule has 15 heavy (non-hydrogen) atoms. The molecule has 2 N–H and O–H groups in total. The molecule has 0 fully saturated rings. The Labute approximate surface area is 91.4 Å². The van der Waals surface area contributed by atoms with Crippen molar-refractivity contribution in [2.75, 3.05) is 6.61 Å². The standard InChI is InChI=1S/C13H19NO/c1-9(2)13(14)11-7-10-5-3-4-6-12(10)15-8-11/h3-6,9,11,13H,7-8,14H2,1-2H3. The van der Waals surface area contributed by atoms with Gasteiger partial charge < -0.3 is 10.5 Å². The minimum atomic E-state index is 0.235. The minimum Gasteiger partial charge on any atom is -0.493 e. The Kier molecular flexibility index (Phi) is 2.96. The maximum Gasteiger partial charge on any atom is 0.122 e. The predicted molar refractivity (Wildman–Crippen MR) is 61.9 cm³/mol. The summed E-state index contributed by atoms with van der Waals surface area (Å²) in [6, 6.07) is 8.48. The second-order valence-electron chi connectivity index (χ2n) is 4.70. The molecular weight excluding hydrogens is 186 g/mol. The Morgan fingerprint density at radius 2 is 2.07 bits per heavy atom. The van der Waals surface area contributed by atoms with Crippen molar-refractivity contribution < 1.29 is 4.74 Å². The van der Waals surface area contributed by atoms with Gasteiger partial charge in [-0.05, 0) is 24.0 Å². The van der Waals surface area contributed by atoms with Crippen LogP contribution in [0.1, 0.15) is 19.4 Å². The van der Waals surface area contributed by atoms with Crippen LogP contribution in [0.15, 0.2) is 24.3 Å². The predicted octanol–water partition coefficient (Wildman–Crippen LogP) is 2.22. The van der Waals surface area contributed by atoms with Crippen LogP contribution in [0.5, 0.6) is 5.75 Å². The highest BCUT2D eigenvalue weighted by Crippen LogP contribution is 2.29. The normalized spacial score (nSPS) is 22.0. The van der Waals surface area contributed by atoms with Crippen molar-refractivity contribution in [1.29, 1.82) is 0 Å². The van der Waals surface area contributed by atoms with Crippen LogP contribution in [0.4, 0.5) is 0 Å². The van der Waals surface area contributed by atoms with Crippen LogP contribution in [0, 0.1) is 11.8 Å². The van der Waals surface area contributed by atoms with E-state index in [2.05, 4.69) is 26.0 Å². The number of ether oxygens (including phenoxy) is 1. The molecule has 2 nitrogen and oxygen atoms in total. The highest BCUT2D eigenvalue weighted by molar-refractivity contribution is 5.35. The van der Waals surface area contributed by atoms with E-state index in [1.165, 1.54) is 5.56 Å². The smallest absolute Gasteiger partial charge is 0.122 e. The lowest BCUT2D eigenvalue weighted by atomic mass is 9.85. The van der Waals surface area contributed by atoms with E-state index in [0.29, 0.717) is 11.8 Å². The number of hydrogen-bond donors (Lipinski definition) is 1. The Morgan fingerprint density at radius 3 is 2.80 bits per heavy atom. The fraction of sp³-hybridized carbons (Fsp3) is 0.538. The molecule has 0 aliphatic carbocycles. The van der Waals surface area contributed by atoms with E-state index in [1.54, 1.807) is 0 Å². The van der Waals surface area contributed by atoms with Gasteiger partial charge in [-0.1, -0.05) is 32.0 Å². The van der Waals surface area contributed by atoms with Crippen LogP contribution in [-0.4, -0.2) is 12.6 Å². The molecular formula is C13H19NO. The first kappa shape index (κ1) is 10.5. The summed E-state index contributed by atoms with van der Waals surface area (Å²) in [6.07, 6.45) is 1.05. The van der Waals surface area contributed by atoms with Crippen LogP contribution in [0.3, 0.4) is 0 Å². The van der Waals surface area contributed by atoms with Crippen LogP contribution < -0.4 is 10.5 Å². The molecule has 1 aliphatic heterocycles. The number of rotatable bonds is 2. The van der Waals surface area contributed by atoms with E-state index < -0.39 is 0 Å². The molecule has 0 radical (unpaired) electrons. The Morgan fingerprint density at radius 1 is 1.33 bits per heavy atom. The maximum absolute atomic E-state index is 6.17. The van der Waals surface area contributed by atoms with Gasteiger partial charge in [0.25, 0.3) is 0 Å². The summed E-state index contributed by atoms with van der Waals surface area (Å²) in [6.45, 7) is 5.10. The molecule has 0 saturated heterocycles. The summed E-state index contributed by atoms with van der Waals surface area (Å²) in [5.41, 5.74) is 7.46. The maximum atomic E-state index is 6.17. The van der Waals surface area contributed by atoms with E-state index in [-0.39, 0.29) is 6.04 Å². The van der Waals surface area contributed by atoms with Gasteiger partial charge in [-0.2, -0.15) is 0 Å². The van der Waals surface area contributed by atoms with E-state index >= 15 is 0 Å². The van der Waals surface area contributed by atoms with Gasteiger partial charge in [-0.3, -0.25) is 0 Å². The van der Waals surface area contributed by atoms with Gasteiger partial charge >= 0.3 is 0 Å². The van der Waals surface area contributed by atoms with Crippen LogP contribution >= 0.6 is 0 Å². The second kappa shape index (κ2) is 4.23. The van der Waals surface area contributed by atoms with Crippen molar-refractivity contribution in [3.8, 4) is 5.75 Å². The third-order valence-corrected chi connectivity index (χ3v) is 3.22. The fourth-order valence-corrected chi connectivity index (χ4v) is 2.14. The summed E-state index contributed by atoms with van der Waals surface area (Å²) in [5, 5.41) is 0. The van der Waals surface area contributed by atoms with Crippen molar-refractivity contribution in [3.63, 3.8) is 0 Å². The van der Waals surface area contributed by atoms with Crippen molar-refractivity contribution >= 4 is 0 Å². The molecule has 0 saturated carbocycles. The van der Waals surface area contributed by atoms with Crippen LogP contribution in [0.2, 0.25) is 0 Å². The lowest BCUT2D eigenvalue weighted by molar-refractivity contribution is 0.181. The molecule has 0 spiro atoms. The van der Waals surface area contributed by atoms with Crippen molar-refractivity contribution in [3.05, 3.63) is 29.8 Å². The van der Waals surface area contributed by atoms with E-state index in [1.807, 2.05) is 12.1 Å². The highest BCUT2D eigenvalue weighted by Gasteiger charge is 2.26. The van der Waals surface area contributed by atoms with Gasteiger partial charge in [0.15, 0.2) is 0 Å². The molecule has 0 aromatic heterocycles. The molecule has 2 atom stereocenters. The summed E-state index contributed by atoms with van der Waals surface area (Å²) in [4.78, 5) is 0. The lowest BCUT2D eigenvalue weighted by Crippen LogP contribution is -2.41. The first-order valence-corrected chi connectivity index (χ1v) is 5.64. The molecule has 0 bridgehead atoms. The lowest BCUT2D eigenvalue weighted by Gasteiger charge is -2.31. The minimum absolute atomic E-state index is 0.235. The third kappa shape index (κ3) is 2.15. The molecule has 82 valence electrons. The molecule has 2 unspecified atom stereocenters. The van der Waals surface area contributed by atoms with Crippen molar-refractivity contribution in [2.24, 2.45) is 17.6 Å². The zero-order valence-corrected chi connectivity index (χ0v) is 9.44. The van der Waals surface area contributed by atoms with E-state index in [9.17, 15) is 0 Å². The van der Waals surface area contributed by atoms with Gasteiger partial charge in [-0.25, -0.2) is 0 Å². The molecule has 0 amide bonds. The average Bonchev–Trinajstić information content (AvgIpc) is 2.27. The Hall–Kier alpha value is -1.02. The number of fused-ring (bicyclic) bond motifs is 1. The van der Waals surface area contributed by atoms with Gasteiger partial charge in [0, 0.05) is 12.0 Å². The quantitative estimate of drug-likeness (QED) is 0.803. The number of nitrogens with two attached hydrogens (primary N) is 1. The number of hydrogen-bond acceptors (Lipinski definition) is 2. The molecule has 1 heterocycles. The van der Waals surface area contributed by atoms with Crippen LogP contribution in [-0.2, 0) is 6.42 Å².